The Hall–Kier alpha value is -2.79. The van der Waals surface area contributed by atoms with Crippen molar-refractivity contribution in [2.24, 2.45) is 0 Å². The van der Waals surface area contributed by atoms with Crippen molar-refractivity contribution in [2.45, 2.75) is 31.1 Å². The van der Waals surface area contributed by atoms with Crippen molar-refractivity contribution in [1.29, 1.82) is 0 Å². The molecule has 4 rings (SSSR count). The molecule has 1 saturated heterocycles. The predicted octanol–water partition coefficient (Wildman–Crippen LogP) is 0.286. The molecule has 10 heteroatoms. The Morgan fingerprint density at radius 2 is 2.00 bits per heavy atom. The van der Waals surface area contributed by atoms with Crippen LogP contribution in [0.5, 0.6) is 0 Å². The van der Waals surface area contributed by atoms with Gasteiger partial charge in [0.15, 0.2) is 23.2 Å². The first-order valence-corrected chi connectivity index (χ1v) is 8.89. The van der Waals surface area contributed by atoms with Crippen LogP contribution in [-0.4, -0.2) is 61.7 Å². The van der Waals surface area contributed by atoms with E-state index in [1.54, 1.807) is 11.6 Å². The van der Waals surface area contributed by atoms with Gasteiger partial charge in [0.25, 0.3) is 0 Å². The van der Waals surface area contributed by atoms with E-state index in [0.717, 1.165) is 5.56 Å². The van der Waals surface area contributed by atoms with Gasteiger partial charge in [-0.05, 0) is 5.56 Å². The molecular weight excluding hydrogens is 364 g/mol. The van der Waals surface area contributed by atoms with Gasteiger partial charge in [-0.1, -0.05) is 30.3 Å². The third kappa shape index (κ3) is 3.27. The van der Waals surface area contributed by atoms with Gasteiger partial charge in [0.05, 0.1) is 13.2 Å². The molecule has 0 unspecified atom stereocenters. The molecule has 0 aliphatic carbocycles. The second kappa shape index (κ2) is 7.68. The molecule has 0 saturated carbocycles. The maximum atomic E-state index is 10.6. The van der Waals surface area contributed by atoms with Crippen LogP contribution in [0.15, 0.2) is 36.7 Å². The zero-order valence-electron chi connectivity index (χ0n) is 15.3. The zero-order valence-corrected chi connectivity index (χ0v) is 15.3. The van der Waals surface area contributed by atoms with Crippen molar-refractivity contribution in [3.63, 3.8) is 0 Å². The molecule has 2 aromatic heterocycles. The number of benzene rings is 1. The van der Waals surface area contributed by atoms with Gasteiger partial charge in [0, 0.05) is 7.05 Å². The second-order valence-electron chi connectivity index (χ2n) is 6.53. The number of hydrogen-bond acceptors (Lipinski definition) is 9. The van der Waals surface area contributed by atoms with Gasteiger partial charge in [-0.2, -0.15) is 0 Å². The number of nitrogens with one attached hydrogen (secondary N) is 1. The van der Waals surface area contributed by atoms with Gasteiger partial charge in [-0.25, -0.2) is 15.0 Å². The van der Waals surface area contributed by atoms with Crippen LogP contribution in [0.3, 0.4) is 0 Å². The highest BCUT2D eigenvalue weighted by atomic mass is 16.6. The molecule has 148 valence electrons. The van der Waals surface area contributed by atoms with Crippen LogP contribution < -0.4 is 11.1 Å². The Bertz CT molecular complexity index is 950. The van der Waals surface area contributed by atoms with E-state index in [2.05, 4.69) is 20.3 Å². The Kier molecular flexibility index (Phi) is 5.09. The minimum absolute atomic E-state index is 0.127. The molecule has 3 heterocycles. The third-order valence-corrected chi connectivity index (χ3v) is 4.71. The van der Waals surface area contributed by atoms with Gasteiger partial charge in [-0.15, -0.1) is 0 Å². The van der Waals surface area contributed by atoms with Gasteiger partial charge in [0.1, 0.15) is 24.6 Å². The largest absolute Gasteiger partial charge is 0.387 e. The maximum Gasteiger partial charge on any atom is 0.207 e. The lowest BCUT2D eigenvalue weighted by atomic mass is 10.1. The molecule has 5 N–H and O–H groups in total. The lowest BCUT2D eigenvalue weighted by Gasteiger charge is -2.19. The highest BCUT2D eigenvalue weighted by Gasteiger charge is 2.45. The highest BCUT2D eigenvalue weighted by molar-refractivity contribution is 5.84. The van der Waals surface area contributed by atoms with Crippen molar-refractivity contribution in [1.82, 2.24) is 19.5 Å². The zero-order chi connectivity index (χ0) is 19.7. The van der Waals surface area contributed by atoms with Crippen LogP contribution in [-0.2, 0) is 16.1 Å². The summed E-state index contributed by atoms with van der Waals surface area (Å²) in [6.45, 7) is 0.510. The fourth-order valence-electron chi connectivity index (χ4n) is 3.29. The van der Waals surface area contributed by atoms with Crippen molar-refractivity contribution >= 4 is 22.9 Å². The number of nitrogens with two attached hydrogens (primary N) is 1. The van der Waals surface area contributed by atoms with E-state index in [0.29, 0.717) is 23.7 Å². The summed E-state index contributed by atoms with van der Waals surface area (Å²) < 4.78 is 13.2. The van der Waals surface area contributed by atoms with E-state index in [1.165, 1.54) is 6.33 Å². The Morgan fingerprint density at radius 3 is 2.75 bits per heavy atom. The van der Waals surface area contributed by atoms with Gasteiger partial charge < -0.3 is 30.7 Å². The van der Waals surface area contributed by atoms with Crippen molar-refractivity contribution < 1.29 is 19.7 Å². The summed E-state index contributed by atoms with van der Waals surface area (Å²) in [5, 5.41) is 24.0. The van der Waals surface area contributed by atoms with Crippen LogP contribution >= 0.6 is 0 Å². The summed E-state index contributed by atoms with van der Waals surface area (Å²) in [5.41, 5.74) is 7.68. The van der Waals surface area contributed by atoms with E-state index in [1.807, 2.05) is 30.3 Å². The van der Waals surface area contributed by atoms with Crippen LogP contribution in [0.1, 0.15) is 11.8 Å². The summed E-state index contributed by atoms with van der Waals surface area (Å²) >= 11 is 0. The number of aromatic nitrogens is 4. The van der Waals surface area contributed by atoms with Crippen molar-refractivity contribution in [3.05, 3.63) is 42.2 Å². The molecule has 4 atom stereocenters. The highest BCUT2D eigenvalue weighted by Crippen LogP contribution is 2.35. The molecule has 0 amide bonds. The molecule has 1 aliphatic rings. The fourth-order valence-corrected chi connectivity index (χ4v) is 3.29. The Labute approximate surface area is 161 Å². The monoisotopic (exact) mass is 386 g/mol. The maximum absolute atomic E-state index is 10.6. The smallest absolute Gasteiger partial charge is 0.207 e. The Morgan fingerprint density at radius 1 is 1.21 bits per heavy atom. The van der Waals surface area contributed by atoms with Gasteiger partial charge in [0.2, 0.25) is 5.95 Å². The number of hydrogen-bond donors (Lipinski definition) is 4. The normalized spacial score (nSPS) is 24.7. The van der Waals surface area contributed by atoms with Crippen LogP contribution in [0, 0.1) is 0 Å². The second-order valence-corrected chi connectivity index (χ2v) is 6.53. The van der Waals surface area contributed by atoms with E-state index >= 15 is 0 Å². The average Bonchev–Trinajstić information content (AvgIpc) is 3.22. The number of anilines is 2. The number of nitrogens with zero attached hydrogens (tertiary/aromatic N) is 4. The fraction of sp³-hybridized carbons (Fsp3) is 0.389. The van der Waals surface area contributed by atoms with Gasteiger partial charge >= 0.3 is 0 Å². The number of nitrogen functional groups attached to an aromatic ring is 1. The first-order valence-electron chi connectivity index (χ1n) is 8.89. The van der Waals surface area contributed by atoms with E-state index in [4.69, 9.17) is 15.2 Å². The SMILES string of the molecule is CNc1nc2c(N)ncnc2n1[C@@H]1O[C@H](COCc2ccccc2)[C@@H](O)[C@H]1O. The molecule has 1 fully saturated rings. The van der Waals surface area contributed by atoms with Crippen molar-refractivity contribution in [2.75, 3.05) is 24.7 Å². The quantitative estimate of drug-likeness (QED) is 0.470. The molecule has 3 aromatic rings. The molecule has 0 bridgehead atoms. The van der Waals surface area contributed by atoms with Crippen molar-refractivity contribution in [3.8, 4) is 0 Å². The number of rotatable bonds is 6. The first-order chi connectivity index (χ1) is 13.6. The summed E-state index contributed by atoms with van der Waals surface area (Å²) in [6, 6.07) is 9.68. The molecule has 28 heavy (non-hydrogen) atoms. The molecule has 1 aliphatic heterocycles. The van der Waals surface area contributed by atoms with Gasteiger partial charge in [-0.3, -0.25) is 4.57 Å². The van der Waals surface area contributed by atoms with Crippen LogP contribution in [0.25, 0.3) is 11.2 Å². The minimum Gasteiger partial charge on any atom is -0.387 e. The molecule has 1 aromatic carbocycles. The van der Waals surface area contributed by atoms with Crippen LogP contribution in [0.2, 0.25) is 0 Å². The summed E-state index contributed by atoms with van der Waals surface area (Å²) in [7, 11) is 1.68. The van der Waals surface area contributed by atoms with E-state index < -0.39 is 24.5 Å². The summed E-state index contributed by atoms with van der Waals surface area (Å²) in [4.78, 5) is 12.5. The lowest BCUT2D eigenvalue weighted by Crippen LogP contribution is -2.34. The molecule has 10 nitrogen and oxygen atoms in total. The van der Waals surface area contributed by atoms with E-state index in [9.17, 15) is 10.2 Å². The van der Waals surface area contributed by atoms with Crippen LogP contribution in [0.4, 0.5) is 11.8 Å². The Balaban J connectivity index is 1.53. The average molecular weight is 386 g/mol. The topological polar surface area (TPSA) is 141 Å². The molecule has 0 spiro atoms. The minimum atomic E-state index is -1.19. The number of imidazole rings is 1. The lowest BCUT2D eigenvalue weighted by molar-refractivity contribution is -0.0675. The van der Waals surface area contributed by atoms with E-state index in [-0.39, 0.29) is 12.4 Å². The number of fused-ring (bicyclic) bond motifs is 1. The summed E-state index contributed by atoms with van der Waals surface area (Å²) in [5.74, 6) is 0.611. The predicted molar refractivity (Wildman–Crippen MR) is 101 cm³/mol. The number of aliphatic hydroxyl groups excluding tert-OH is 2. The number of ether oxygens (including phenoxy) is 2. The number of aliphatic hydroxyl groups is 2. The molecular formula is C18H22N6O4. The third-order valence-electron chi connectivity index (χ3n) is 4.71. The summed E-state index contributed by atoms with van der Waals surface area (Å²) in [6.07, 6.45) is -2.60. The molecule has 0 radical (unpaired) electrons. The standard InChI is InChI=1S/C18H22N6O4/c1-20-18-23-12-15(19)21-9-22-16(12)24(18)17-14(26)13(25)11(28-17)8-27-7-10-5-3-2-4-6-10/h2-6,9,11,13-14,17,25-26H,7-8H2,1H3,(H,20,23)(H2,19,21,22)/t11-,13-,14-,17-/m1/s1. The first kappa shape index (κ1) is 18.6.